The van der Waals surface area contributed by atoms with Crippen LogP contribution >= 0.6 is 0 Å². The van der Waals surface area contributed by atoms with Crippen LogP contribution in [-0.2, 0) is 4.79 Å². The lowest BCUT2D eigenvalue weighted by Gasteiger charge is -2.53. The van der Waals surface area contributed by atoms with E-state index in [9.17, 15) is 9.90 Å². The average molecular weight is 403 g/mol. The number of hydrogen-bond donors (Lipinski definition) is 1. The highest BCUT2D eigenvalue weighted by Crippen LogP contribution is 2.66. The van der Waals surface area contributed by atoms with Gasteiger partial charge < -0.3 is 9.84 Å². The van der Waals surface area contributed by atoms with E-state index >= 15 is 0 Å². The zero-order chi connectivity index (χ0) is 21.1. The first-order valence-electron chi connectivity index (χ1n) is 11.2. The van der Waals surface area contributed by atoms with Gasteiger partial charge >= 0.3 is 0 Å². The summed E-state index contributed by atoms with van der Waals surface area (Å²) in [4.78, 5) is 12.1. The molecule has 2 saturated carbocycles. The van der Waals surface area contributed by atoms with Gasteiger partial charge in [-0.25, -0.2) is 0 Å². The Bertz CT molecular complexity index is 1010. The van der Waals surface area contributed by atoms with Gasteiger partial charge in [0, 0.05) is 17.8 Å². The van der Waals surface area contributed by atoms with Gasteiger partial charge in [-0.05, 0) is 85.3 Å². The van der Waals surface area contributed by atoms with Crippen LogP contribution < -0.4 is 4.74 Å². The molecule has 1 aromatic carbocycles. The van der Waals surface area contributed by atoms with E-state index in [2.05, 4.69) is 31.0 Å². The second-order valence-electron chi connectivity index (χ2n) is 9.82. The van der Waals surface area contributed by atoms with Crippen molar-refractivity contribution in [1.29, 1.82) is 0 Å². The Morgan fingerprint density at radius 3 is 2.83 bits per heavy atom. The first-order chi connectivity index (χ1) is 14.4. The Morgan fingerprint density at radius 2 is 2.07 bits per heavy atom. The van der Waals surface area contributed by atoms with Crippen molar-refractivity contribution in [2.75, 3.05) is 7.11 Å². The second kappa shape index (κ2) is 6.86. The SMILES string of the molecule is C#C[C@]1(O)CC[C@H]2[C@@H]3CCC4=CC(=O)CCC4=C3[C@@H](c3cccc(OC)c3)C[C@@]21C. The molecule has 0 spiro atoms. The molecule has 2 fully saturated rings. The normalized spacial score (nSPS) is 37.6. The maximum atomic E-state index is 12.1. The van der Waals surface area contributed by atoms with Crippen LogP contribution in [0.15, 0.2) is 47.1 Å². The summed E-state index contributed by atoms with van der Waals surface area (Å²) in [7, 11) is 1.70. The molecule has 3 nitrogen and oxygen atoms in total. The second-order valence-corrected chi connectivity index (χ2v) is 9.82. The maximum Gasteiger partial charge on any atom is 0.156 e. The summed E-state index contributed by atoms with van der Waals surface area (Å²) in [6.07, 6.45) is 13.7. The minimum Gasteiger partial charge on any atom is -0.497 e. The fraction of sp³-hybridized carbons (Fsp3) is 0.519. The van der Waals surface area contributed by atoms with Gasteiger partial charge in [0.2, 0.25) is 0 Å². The molecule has 0 amide bonds. The van der Waals surface area contributed by atoms with Crippen LogP contribution in [0.5, 0.6) is 5.75 Å². The Balaban J connectivity index is 1.71. The molecule has 0 aliphatic heterocycles. The Morgan fingerprint density at radius 1 is 1.23 bits per heavy atom. The average Bonchev–Trinajstić information content (AvgIpc) is 3.04. The van der Waals surface area contributed by atoms with Gasteiger partial charge in [-0.2, -0.15) is 0 Å². The number of hydrogen-bond acceptors (Lipinski definition) is 3. The fourth-order valence-electron chi connectivity index (χ4n) is 7.06. The van der Waals surface area contributed by atoms with Crippen LogP contribution in [0.25, 0.3) is 0 Å². The molecule has 0 unspecified atom stereocenters. The maximum absolute atomic E-state index is 12.1. The third-order valence-electron chi connectivity index (χ3n) is 8.62. The van der Waals surface area contributed by atoms with Crippen LogP contribution in [-0.4, -0.2) is 23.6 Å². The molecule has 5 rings (SSSR count). The summed E-state index contributed by atoms with van der Waals surface area (Å²) in [5.74, 6) is 4.90. The molecule has 156 valence electrons. The zero-order valence-electron chi connectivity index (χ0n) is 17.9. The minimum absolute atomic E-state index is 0.191. The quantitative estimate of drug-likeness (QED) is 0.712. The monoisotopic (exact) mass is 402 g/mol. The topological polar surface area (TPSA) is 46.5 Å². The van der Waals surface area contributed by atoms with E-state index in [1.165, 1.54) is 22.3 Å². The zero-order valence-corrected chi connectivity index (χ0v) is 17.9. The molecule has 0 saturated heterocycles. The van der Waals surface area contributed by atoms with Gasteiger partial charge in [0.1, 0.15) is 11.4 Å². The summed E-state index contributed by atoms with van der Waals surface area (Å²) in [6.45, 7) is 2.22. The Hall–Kier alpha value is -2.31. The predicted molar refractivity (Wildman–Crippen MR) is 117 cm³/mol. The van der Waals surface area contributed by atoms with E-state index in [-0.39, 0.29) is 17.1 Å². The number of carbonyl (C=O) groups is 1. The van der Waals surface area contributed by atoms with E-state index in [0.717, 1.165) is 37.9 Å². The third kappa shape index (κ3) is 2.66. The largest absolute Gasteiger partial charge is 0.497 e. The molecular weight excluding hydrogens is 372 g/mol. The van der Waals surface area contributed by atoms with E-state index < -0.39 is 5.60 Å². The summed E-state index contributed by atoms with van der Waals surface area (Å²) >= 11 is 0. The molecule has 4 aliphatic rings. The molecule has 0 heterocycles. The number of aliphatic hydroxyl groups is 1. The van der Waals surface area contributed by atoms with Gasteiger partial charge in [-0.3, -0.25) is 4.79 Å². The highest BCUT2D eigenvalue weighted by Gasteiger charge is 2.62. The molecule has 0 bridgehead atoms. The lowest BCUT2D eigenvalue weighted by Crippen LogP contribution is -2.50. The van der Waals surface area contributed by atoms with Crippen LogP contribution in [0, 0.1) is 29.6 Å². The molecule has 4 aliphatic carbocycles. The molecule has 0 aromatic heterocycles. The fourth-order valence-corrected chi connectivity index (χ4v) is 7.06. The summed E-state index contributed by atoms with van der Waals surface area (Å²) in [5.41, 5.74) is 4.04. The molecule has 1 N–H and O–H groups in total. The van der Waals surface area contributed by atoms with E-state index in [0.29, 0.717) is 24.7 Å². The molecule has 3 heteroatoms. The van der Waals surface area contributed by atoms with Gasteiger partial charge in [-0.15, -0.1) is 6.42 Å². The first kappa shape index (κ1) is 19.6. The number of benzene rings is 1. The summed E-state index contributed by atoms with van der Waals surface area (Å²) in [5, 5.41) is 11.4. The molecule has 0 radical (unpaired) electrons. The standard InChI is InChI=1S/C27H30O3/c1-4-27(29)13-12-24-22-10-8-18-14-19(28)9-11-21(18)25(22)23(16-26(24,27)2)17-6-5-7-20(15-17)30-3/h1,5-7,14-15,22-24,29H,8-13,16H2,2-3H3/t22-,23+,24-,26-,27-/m0/s1. The number of fused-ring (bicyclic) bond motifs is 4. The van der Waals surface area contributed by atoms with Gasteiger partial charge in [0.05, 0.1) is 7.11 Å². The van der Waals surface area contributed by atoms with Crippen LogP contribution in [0.2, 0.25) is 0 Å². The third-order valence-corrected chi connectivity index (χ3v) is 8.62. The summed E-state index contributed by atoms with van der Waals surface area (Å²) in [6, 6.07) is 8.34. The molecular formula is C27H30O3. The number of allylic oxidation sites excluding steroid dienone is 4. The lowest BCUT2D eigenvalue weighted by molar-refractivity contribution is -0.114. The number of rotatable bonds is 2. The Labute approximate surface area is 179 Å². The predicted octanol–water partition coefficient (Wildman–Crippen LogP) is 4.96. The van der Waals surface area contributed by atoms with Crippen molar-refractivity contribution in [2.24, 2.45) is 17.3 Å². The van der Waals surface area contributed by atoms with Crippen molar-refractivity contribution in [3.05, 3.63) is 52.6 Å². The van der Waals surface area contributed by atoms with Crippen molar-refractivity contribution in [2.45, 2.75) is 63.4 Å². The van der Waals surface area contributed by atoms with Crippen LogP contribution in [0.4, 0.5) is 0 Å². The van der Waals surface area contributed by atoms with Gasteiger partial charge in [-0.1, -0.05) is 30.6 Å². The minimum atomic E-state index is -1.05. The van der Waals surface area contributed by atoms with Crippen LogP contribution in [0.3, 0.4) is 0 Å². The van der Waals surface area contributed by atoms with Crippen molar-refractivity contribution in [1.82, 2.24) is 0 Å². The van der Waals surface area contributed by atoms with Crippen LogP contribution in [0.1, 0.15) is 63.4 Å². The molecule has 30 heavy (non-hydrogen) atoms. The number of carbonyl (C=O) groups excluding carboxylic acids is 1. The van der Waals surface area contributed by atoms with Gasteiger partial charge in [0.25, 0.3) is 0 Å². The highest BCUT2D eigenvalue weighted by molar-refractivity contribution is 5.93. The van der Waals surface area contributed by atoms with Crippen molar-refractivity contribution >= 4 is 5.78 Å². The molecule has 5 atom stereocenters. The van der Waals surface area contributed by atoms with E-state index in [1.54, 1.807) is 7.11 Å². The van der Waals surface area contributed by atoms with E-state index in [4.69, 9.17) is 11.2 Å². The summed E-state index contributed by atoms with van der Waals surface area (Å²) < 4.78 is 5.52. The van der Waals surface area contributed by atoms with Crippen molar-refractivity contribution in [3.8, 4) is 18.1 Å². The Kier molecular flexibility index (Phi) is 4.49. The molecule has 1 aromatic rings. The highest BCUT2D eigenvalue weighted by atomic mass is 16.5. The lowest BCUT2D eigenvalue weighted by atomic mass is 9.51. The first-order valence-corrected chi connectivity index (χ1v) is 11.2. The van der Waals surface area contributed by atoms with E-state index in [1.807, 2.05) is 12.1 Å². The number of ketones is 1. The number of terminal acetylenes is 1. The van der Waals surface area contributed by atoms with Crippen molar-refractivity contribution in [3.63, 3.8) is 0 Å². The number of methoxy groups -OCH3 is 1. The van der Waals surface area contributed by atoms with Gasteiger partial charge in [0.15, 0.2) is 5.78 Å². The number of ether oxygens (including phenoxy) is 1. The van der Waals surface area contributed by atoms with Crippen molar-refractivity contribution < 1.29 is 14.6 Å². The smallest absolute Gasteiger partial charge is 0.156 e.